The molecule has 0 amide bonds. The van der Waals surface area contributed by atoms with Crippen LogP contribution in [-0.4, -0.2) is 231 Å². The molecule has 3 aliphatic rings. The highest BCUT2D eigenvalue weighted by Crippen LogP contribution is 2.66. The zero-order valence-electron chi connectivity index (χ0n) is 42.8. The maximum absolute atomic E-state index is 12.2. The summed E-state index contributed by atoms with van der Waals surface area (Å²) in [6.07, 6.45) is -15.7. The highest BCUT2D eigenvalue weighted by Gasteiger charge is 2.49. The molecule has 9 rings (SSSR count). The minimum Gasteiger partial charge on any atom is -0.394 e. The van der Waals surface area contributed by atoms with E-state index in [1.54, 1.807) is 52.1 Å². The van der Waals surface area contributed by atoms with Crippen molar-refractivity contribution in [1.29, 1.82) is 0 Å². The number of aromatic amines is 3. The molecule has 6 aromatic rings. The molecule has 0 aromatic carbocycles. The van der Waals surface area contributed by atoms with Crippen LogP contribution in [0, 0.1) is 0 Å². The van der Waals surface area contributed by atoms with Crippen LogP contribution in [0.25, 0.3) is 33.5 Å². The van der Waals surface area contributed by atoms with E-state index >= 15 is 0 Å². The van der Waals surface area contributed by atoms with E-state index in [0.717, 1.165) is 10.9 Å². The van der Waals surface area contributed by atoms with Crippen LogP contribution in [0.4, 0.5) is 17.8 Å². The van der Waals surface area contributed by atoms with Gasteiger partial charge in [-0.15, -0.1) is 0 Å². The summed E-state index contributed by atoms with van der Waals surface area (Å²) in [7, 11) is -6.74. The van der Waals surface area contributed by atoms with Crippen molar-refractivity contribution in [2.24, 2.45) is 0 Å². The van der Waals surface area contributed by atoms with Gasteiger partial charge in [-0.2, -0.15) is 23.6 Å². The molecule has 456 valence electrons. The molecule has 6 aromatic heterocycles. The number of phosphoric ester groups is 1. The highest BCUT2D eigenvalue weighted by atomic mass is 35.9. The van der Waals surface area contributed by atoms with E-state index in [1.165, 1.54) is 26.7 Å². The Bertz CT molecular complexity index is 3650. The second-order valence-corrected chi connectivity index (χ2v) is 26.9. The summed E-state index contributed by atoms with van der Waals surface area (Å²) in [4.78, 5) is 109. The molecule has 3 aliphatic heterocycles. The second-order valence-electron chi connectivity index (χ2n) is 18.2. The van der Waals surface area contributed by atoms with E-state index in [0.29, 0.717) is 5.95 Å². The summed E-state index contributed by atoms with van der Waals surface area (Å²) in [6.45, 7) is -1.83. The number of ether oxygens (including phenoxy) is 3. The van der Waals surface area contributed by atoms with Crippen LogP contribution in [0.3, 0.4) is 0 Å². The molecule has 46 heteroatoms. The lowest BCUT2D eigenvalue weighted by molar-refractivity contribution is -0.0511. The van der Waals surface area contributed by atoms with Crippen molar-refractivity contribution >= 4 is 103 Å². The van der Waals surface area contributed by atoms with Crippen molar-refractivity contribution in [3.8, 4) is 0 Å². The number of halogens is 2. The third-order valence-electron chi connectivity index (χ3n) is 11.8. The molecular weight excluding hydrogens is 1240 g/mol. The van der Waals surface area contributed by atoms with E-state index in [2.05, 4.69) is 58.0 Å². The van der Waals surface area contributed by atoms with Crippen LogP contribution >= 0.6 is 52.0 Å². The third-order valence-corrected chi connectivity index (χ3v) is 16.6. The van der Waals surface area contributed by atoms with Gasteiger partial charge in [0.15, 0.2) is 52.2 Å². The Kier molecular flexibility index (Phi) is 19.8. The Morgan fingerprint density at radius 3 is 1.13 bits per heavy atom. The number of anilines is 3. The van der Waals surface area contributed by atoms with Crippen molar-refractivity contribution in [3.05, 3.63) is 50.0 Å². The molecule has 3 fully saturated rings. The second kappa shape index (κ2) is 25.1. The lowest BCUT2D eigenvalue weighted by Crippen LogP contribution is -2.33. The number of fused-ring (bicyclic) bond motifs is 3. The molecule has 9 heterocycles. The molecule has 82 heavy (non-hydrogen) atoms. The van der Waals surface area contributed by atoms with E-state index in [9.17, 15) is 68.2 Å². The smallest absolute Gasteiger partial charge is 0.394 e. The third kappa shape index (κ3) is 14.6. The maximum atomic E-state index is 12.2. The van der Waals surface area contributed by atoms with Crippen LogP contribution in [0.2, 0.25) is 0 Å². The standard InChI is InChI=1S/C12H16Cl2N5O6P.C12H20N5O14P3.C12H17N5O5/c1-18(2)12-16-9-6(10(22)17-12)15-4-19(9)11-8(21)7(20)5(25-11)3-24-26(13,14)23;1-16(2)12-14-9-6(10(20)15-12)13-4-17(9)11-8(19)7(18)5(29-11)3-28-33(24,25)31-34(26,27)30-32(21,22)23;1-16(2)12-14-9-6(10(21)15-12)13-4-17(9)11-8(20)7(19)5(3-18)22-11/h4-5,7-8,11,20-21H,3H2,1-2H3,(H,16,17,22);4-5,7-8,11,18-19H,3H2,1-2H3,(H,24,25)(H,26,27)(H,14,15,20)(H2,21,22,23);4-5,7-8,11,18-20H,3H2,1-2H3,(H,14,15,21)/t3*5-,7?,8+,11-/m111/s1. The summed E-state index contributed by atoms with van der Waals surface area (Å²) >= 11 is 10.6. The number of hydrogen-bond donors (Lipinski definition) is 14. The number of H-pyrrole nitrogens is 3. The van der Waals surface area contributed by atoms with E-state index in [-0.39, 0.29) is 45.4 Å². The number of phosphoric acid groups is 3. The normalized spacial score (nSPS) is 27.2. The number of nitrogens with one attached hydrogen (secondary N) is 3. The Morgan fingerprint density at radius 1 is 0.524 bits per heavy atom. The lowest BCUT2D eigenvalue weighted by atomic mass is 10.1. The van der Waals surface area contributed by atoms with E-state index in [4.69, 9.17) is 61.0 Å². The summed E-state index contributed by atoms with van der Waals surface area (Å²) in [5.74, 6) is 0.755. The minimum absolute atomic E-state index is 0.0164. The molecule has 0 radical (unpaired) electrons. The predicted octanol–water partition coefficient (Wildman–Crippen LogP) is -3.65. The first-order valence-corrected chi connectivity index (χ1v) is 31.0. The number of aliphatic hydroxyl groups excluding tert-OH is 7. The minimum atomic E-state index is -5.73. The van der Waals surface area contributed by atoms with Gasteiger partial charge in [0.25, 0.3) is 16.7 Å². The van der Waals surface area contributed by atoms with E-state index < -0.39 is 140 Å². The Hall–Kier alpha value is -4.77. The highest BCUT2D eigenvalue weighted by molar-refractivity contribution is 8.05. The monoisotopic (exact) mass is 1290 g/mol. The van der Waals surface area contributed by atoms with Crippen molar-refractivity contribution < 1.29 is 105 Å². The van der Waals surface area contributed by atoms with Crippen LogP contribution in [0.1, 0.15) is 18.7 Å². The van der Waals surface area contributed by atoms with Gasteiger partial charge < -0.3 is 88.8 Å². The van der Waals surface area contributed by atoms with Gasteiger partial charge >= 0.3 is 29.5 Å². The quantitative estimate of drug-likeness (QED) is 0.0392. The van der Waals surface area contributed by atoms with Crippen LogP contribution < -0.4 is 31.4 Å². The summed E-state index contributed by atoms with van der Waals surface area (Å²) in [5, 5.41) is 70.1. The average Bonchev–Trinajstić information content (AvgIpc) is 2.65. The van der Waals surface area contributed by atoms with Gasteiger partial charge in [-0.25, -0.2) is 28.6 Å². The molecule has 5 unspecified atom stereocenters. The van der Waals surface area contributed by atoms with Crippen molar-refractivity contribution in [1.82, 2.24) is 58.6 Å². The number of nitrogens with zero attached hydrogens (tertiary/aromatic N) is 12. The van der Waals surface area contributed by atoms with Crippen LogP contribution in [0.5, 0.6) is 0 Å². The number of aromatic nitrogens is 12. The molecule has 40 nitrogen and oxygen atoms in total. The van der Waals surface area contributed by atoms with Gasteiger partial charge in [0.1, 0.15) is 54.9 Å². The molecular formula is C36H53Cl2N15O25P4. The number of imidazole rings is 3. The van der Waals surface area contributed by atoms with Crippen LogP contribution in [0.15, 0.2) is 33.4 Å². The van der Waals surface area contributed by atoms with Gasteiger partial charge in [0.2, 0.25) is 17.8 Å². The average molecular weight is 1290 g/mol. The molecule has 0 aliphatic carbocycles. The number of rotatable bonds is 17. The van der Waals surface area contributed by atoms with Gasteiger partial charge in [-0.05, 0) is 22.5 Å². The fraction of sp³-hybridized carbons (Fsp3) is 0.583. The van der Waals surface area contributed by atoms with Gasteiger partial charge in [0.05, 0.1) is 38.8 Å². The molecule has 0 spiro atoms. The molecule has 3 saturated heterocycles. The predicted molar refractivity (Wildman–Crippen MR) is 277 cm³/mol. The van der Waals surface area contributed by atoms with Crippen molar-refractivity contribution in [3.63, 3.8) is 0 Å². The first kappa shape index (κ1) is 64.8. The lowest BCUT2D eigenvalue weighted by Gasteiger charge is -2.19. The Morgan fingerprint density at radius 2 is 0.841 bits per heavy atom. The molecule has 0 saturated carbocycles. The van der Waals surface area contributed by atoms with Gasteiger partial charge in [0, 0.05) is 42.3 Å². The number of aliphatic hydroxyl groups is 7. The molecule has 14 atom stereocenters. The summed E-state index contributed by atoms with van der Waals surface area (Å²) < 4.78 is 81.7. The zero-order valence-corrected chi connectivity index (χ0v) is 47.9. The van der Waals surface area contributed by atoms with Crippen LogP contribution in [-0.2, 0) is 50.1 Å². The SMILES string of the molecule is CN(C)c1nc2c(ncn2[C@@H]2O[C@H](CO)C(O)[C@@H]2O)c(=O)[nH]1.CN(C)c1nc2c(ncn2[C@@H]2O[C@H](COP(=O)(Cl)Cl)C(O)[C@@H]2O)c(=O)[nH]1.CN(C)c1nc2c(ncn2[C@@H]2O[C@H](COP(=O)(O)OP(=O)(O)OP(=O)(O)O)C(O)[C@@H]2O)c(=O)[nH]1. The Balaban J connectivity index is 0.000000181. The van der Waals surface area contributed by atoms with Gasteiger partial charge in [-0.3, -0.25) is 52.1 Å². The van der Waals surface area contributed by atoms with Gasteiger partial charge in [-0.1, -0.05) is 0 Å². The topological polar surface area (TPSA) is 556 Å². The largest absolute Gasteiger partial charge is 0.490 e. The fourth-order valence-corrected chi connectivity index (χ4v) is 11.6. The summed E-state index contributed by atoms with van der Waals surface area (Å²) in [5.41, 5.74) is -1.06. The maximum Gasteiger partial charge on any atom is 0.490 e. The first-order valence-electron chi connectivity index (χ1n) is 23.0. The Labute approximate surface area is 466 Å². The zero-order chi connectivity index (χ0) is 60.9. The fourth-order valence-electron chi connectivity index (χ4n) is 7.87. The number of hydrogen-bond acceptors (Lipinski definition) is 30. The summed E-state index contributed by atoms with van der Waals surface area (Å²) in [6, 6.07) is 0. The van der Waals surface area contributed by atoms with E-state index in [1.807, 2.05) is 0 Å². The first-order chi connectivity index (χ1) is 38.0. The van der Waals surface area contributed by atoms with Crippen molar-refractivity contribution in [2.75, 3.05) is 76.8 Å². The molecule has 0 bridgehead atoms. The molecule has 14 N–H and O–H groups in total. The van der Waals surface area contributed by atoms with Crippen molar-refractivity contribution in [2.45, 2.75) is 73.6 Å².